The molecule has 1 saturated heterocycles. The number of rotatable bonds is 3. The molecule has 0 aliphatic carbocycles. The van der Waals surface area contributed by atoms with Crippen LogP contribution < -0.4 is 5.32 Å². The molecule has 4 heteroatoms. The summed E-state index contributed by atoms with van der Waals surface area (Å²) in [4.78, 5) is 4.12. The third-order valence-electron chi connectivity index (χ3n) is 2.95. The van der Waals surface area contributed by atoms with Crippen LogP contribution in [-0.4, -0.2) is 24.7 Å². The molecular formula is C12H17ClN2O. The van der Waals surface area contributed by atoms with Gasteiger partial charge in [0.2, 0.25) is 0 Å². The summed E-state index contributed by atoms with van der Waals surface area (Å²) >= 11 is 5.87. The van der Waals surface area contributed by atoms with Crippen molar-refractivity contribution in [2.75, 3.05) is 25.1 Å². The monoisotopic (exact) mass is 240 g/mol. The SMILES string of the molecule is Cc1cc(NCC2CCOCC2)cnc1Cl. The van der Waals surface area contributed by atoms with Gasteiger partial charge >= 0.3 is 0 Å². The lowest BCUT2D eigenvalue weighted by molar-refractivity contribution is 0.0699. The predicted octanol–water partition coefficient (Wildman–Crippen LogP) is 2.88. The average molecular weight is 241 g/mol. The second-order valence-electron chi connectivity index (χ2n) is 4.27. The zero-order valence-corrected chi connectivity index (χ0v) is 10.3. The van der Waals surface area contributed by atoms with E-state index in [1.54, 1.807) is 6.20 Å². The molecule has 0 bridgehead atoms. The first kappa shape index (κ1) is 11.7. The molecule has 1 N–H and O–H groups in total. The summed E-state index contributed by atoms with van der Waals surface area (Å²) in [5.41, 5.74) is 2.06. The summed E-state index contributed by atoms with van der Waals surface area (Å²) in [6.07, 6.45) is 4.08. The lowest BCUT2D eigenvalue weighted by Crippen LogP contribution is -2.22. The van der Waals surface area contributed by atoms with E-state index in [0.29, 0.717) is 11.1 Å². The van der Waals surface area contributed by atoms with Gasteiger partial charge in [-0.25, -0.2) is 4.98 Å². The van der Waals surface area contributed by atoms with Crippen LogP contribution in [0.2, 0.25) is 5.15 Å². The molecule has 1 aliphatic heterocycles. The van der Waals surface area contributed by atoms with Crippen LogP contribution in [0.3, 0.4) is 0 Å². The number of aryl methyl sites for hydroxylation is 1. The van der Waals surface area contributed by atoms with E-state index in [1.807, 2.05) is 13.0 Å². The molecule has 2 rings (SSSR count). The predicted molar refractivity (Wildman–Crippen MR) is 66.0 cm³/mol. The highest BCUT2D eigenvalue weighted by atomic mass is 35.5. The van der Waals surface area contributed by atoms with Crippen LogP contribution in [0.4, 0.5) is 5.69 Å². The van der Waals surface area contributed by atoms with E-state index in [1.165, 1.54) is 0 Å². The summed E-state index contributed by atoms with van der Waals surface area (Å²) in [6.45, 7) is 4.75. The molecule has 0 radical (unpaired) electrons. The maximum Gasteiger partial charge on any atom is 0.132 e. The Kier molecular flexibility index (Phi) is 4.02. The van der Waals surface area contributed by atoms with Gasteiger partial charge in [-0.3, -0.25) is 0 Å². The van der Waals surface area contributed by atoms with Crippen molar-refractivity contribution in [3.05, 3.63) is 23.0 Å². The molecular weight excluding hydrogens is 224 g/mol. The maximum absolute atomic E-state index is 5.87. The van der Waals surface area contributed by atoms with Crippen molar-refractivity contribution in [2.45, 2.75) is 19.8 Å². The number of nitrogens with zero attached hydrogens (tertiary/aromatic N) is 1. The molecule has 0 spiro atoms. The first-order chi connectivity index (χ1) is 7.75. The number of anilines is 1. The summed E-state index contributed by atoms with van der Waals surface area (Å²) in [5.74, 6) is 0.713. The fraction of sp³-hybridized carbons (Fsp3) is 0.583. The van der Waals surface area contributed by atoms with E-state index in [4.69, 9.17) is 16.3 Å². The zero-order valence-electron chi connectivity index (χ0n) is 9.50. The molecule has 0 atom stereocenters. The number of nitrogens with one attached hydrogen (secondary N) is 1. The quantitative estimate of drug-likeness (QED) is 0.825. The number of hydrogen-bond donors (Lipinski definition) is 1. The summed E-state index contributed by atoms with van der Waals surface area (Å²) in [7, 11) is 0. The minimum absolute atomic E-state index is 0.580. The van der Waals surface area contributed by atoms with Crippen LogP contribution in [-0.2, 0) is 4.74 Å². The first-order valence-corrected chi connectivity index (χ1v) is 6.07. The van der Waals surface area contributed by atoms with Gasteiger partial charge in [0.05, 0.1) is 11.9 Å². The maximum atomic E-state index is 5.87. The second-order valence-corrected chi connectivity index (χ2v) is 4.63. The van der Waals surface area contributed by atoms with Crippen molar-refractivity contribution in [3.63, 3.8) is 0 Å². The van der Waals surface area contributed by atoms with E-state index < -0.39 is 0 Å². The van der Waals surface area contributed by atoms with Gasteiger partial charge < -0.3 is 10.1 Å². The van der Waals surface area contributed by atoms with Crippen molar-refractivity contribution in [2.24, 2.45) is 5.92 Å². The molecule has 16 heavy (non-hydrogen) atoms. The van der Waals surface area contributed by atoms with Crippen molar-refractivity contribution in [1.29, 1.82) is 0 Å². The van der Waals surface area contributed by atoms with Crippen LogP contribution in [0.25, 0.3) is 0 Å². The minimum atomic E-state index is 0.580. The van der Waals surface area contributed by atoms with E-state index in [2.05, 4.69) is 10.3 Å². The second kappa shape index (κ2) is 5.51. The number of hydrogen-bond acceptors (Lipinski definition) is 3. The number of aromatic nitrogens is 1. The molecule has 0 unspecified atom stereocenters. The Morgan fingerprint density at radius 1 is 1.50 bits per heavy atom. The lowest BCUT2D eigenvalue weighted by Gasteiger charge is -2.22. The first-order valence-electron chi connectivity index (χ1n) is 5.69. The Balaban J connectivity index is 1.86. The fourth-order valence-electron chi connectivity index (χ4n) is 1.87. The number of ether oxygens (including phenoxy) is 1. The Hall–Kier alpha value is -0.800. The molecule has 3 nitrogen and oxygen atoms in total. The molecule has 88 valence electrons. The standard InChI is InChI=1S/C12H17ClN2O/c1-9-6-11(8-15-12(9)13)14-7-10-2-4-16-5-3-10/h6,8,10,14H,2-5,7H2,1H3. The topological polar surface area (TPSA) is 34.1 Å². The molecule has 1 aromatic rings. The van der Waals surface area contributed by atoms with Gasteiger partial charge in [0.15, 0.2) is 0 Å². The third-order valence-corrected chi connectivity index (χ3v) is 3.35. The van der Waals surface area contributed by atoms with Gasteiger partial charge in [0.1, 0.15) is 5.15 Å². The fourth-order valence-corrected chi connectivity index (χ4v) is 1.97. The van der Waals surface area contributed by atoms with Gasteiger partial charge in [-0.2, -0.15) is 0 Å². The van der Waals surface area contributed by atoms with Crippen LogP contribution >= 0.6 is 11.6 Å². The Labute approximate surface area is 101 Å². The smallest absolute Gasteiger partial charge is 0.132 e. The molecule has 1 aromatic heterocycles. The highest BCUT2D eigenvalue weighted by Gasteiger charge is 2.13. The number of pyridine rings is 1. The van der Waals surface area contributed by atoms with Crippen molar-refractivity contribution in [3.8, 4) is 0 Å². The molecule has 1 fully saturated rings. The van der Waals surface area contributed by atoms with E-state index in [9.17, 15) is 0 Å². The van der Waals surface area contributed by atoms with Gasteiger partial charge in [0.25, 0.3) is 0 Å². The van der Waals surface area contributed by atoms with E-state index in [0.717, 1.165) is 43.9 Å². The molecule has 1 aliphatic rings. The largest absolute Gasteiger partial charge is 0.384 e. The molecule has 0 amide bonds. The zero-order chi connectivity index (χ0) is 11.4. The van der Waals surface area contributed by atoms with E-state index in [-0.39, 0.29) is 0 Å². The van der Waals surface area contributed by atoms with Crippen LogP contribution in [0, 0.1) is 12.8 Å². The number of halogens is 1. The summed E-state index contributed by atoms with van der Waals surface area (Å²) in [5, 5.41) is 3.99. The Bertz CT molecular complexity index is 351. The molecule has 0 aromatic carbocycles. The molecule has 2 heterocycles. The van der Waals surface area contributed by atoms with Crippen molar-refractivity contribution < 1.29 is 4.74 Å². The van der Waals surface area contributed by atoms with Crippen LogP contribution in [0.15, 0.2) is 12.3 Å². The Morgan fingerprint density at radius 2 is 2.25 bits per heavy atom. The molecule has 0 saturated carbocycles. The van der Waals surface area contributed by atoms with Crippen LogP contribution in [0.5, 0.6) is 0 Å². The van der Waals surface area contributed by atoms with Crippen LogP contribution in [0.1, 0.15) is 18.4 Å². The highest BCUT2D eigenvalue weighted by molar-refractivity contribution is 6.30. The summed E-state index contributed by atoms with van der Waals surface area (Å²) in [6, 6.07) is 2.04. The lowest BCUT2D eigenvalue weighted by atomic mass is 10.0. The highest BCUT2D eigenvalue weighted by Crippen LogP contribution is 2.18. The van der Waals surface area contributed by atoms with Crippen molar-refractivity contribution in [1.82, 2.24) is 4.98 Å². The Morgan fingerprint density at radius 3 is 2.94 bits per heavy atom. The van der Waals surface area contributed by atoms with Gasteiger partial charge in [-0.05, 0) is 37.3 Å². The third kappa shape index (κ3) is 3.09. The van der Waals surface area contributed by atoms with E-state index >= 15 is 0 Å². The minimum Gasteiger partial charge on any atom is -0.384 e. The van der Waals surface area contributed by atoms with Gasteiger partial charge in [0, 0.05) is 19.8 Å². The van der Waals surface area contributed by atoms with Crippen molar-refractivity contribution >= 4 is 17.3 Å². The average Bonchev–Trinajstić information content (AvgIpc) is 2.32. The normalized spacial score (nSPS) is 17.4. The summed E-state index contributed by atoms with van der Waals surface area (Å²) < 4.78 is 5.33. The van der Waals surface area contributed by atoms with Gasteiger partial charge in [-0.15, -0.1) is 0 Å². The van der Waals surface area contributed by atoms with Gasteiger partial charge in [-0.1, -0.05) is 11.6 Å².